The number of hydrogen-bond acceptors (Lipinski definition) is 8. The summed E-state index contributed by atoms with van der Waals surface area (Å²) in [6, 6.07) is 15.7. The van der Waals surface area contributed by atoms with Gasteiger partial charge in [0.05, 0.1) is 16.5 Å². The normalized spacial score (nSPS) is 11.5. The number of oxazole rings is 1. The number of nitrogens with one attached hydrogen (secondary N) is 1. The number of benzene rings is 2. The average molecular weight is 520 g/mol. The van der Waals surface area contributed by atoms with E-state index in [1.807, 2.05) is 0 Å². The largest absolute Gasteiger partial charge is 0.429 e. The van der Waals surface area contributed by atoms with Gasteiger partial charge in [-0.1, -0.05) is 11.6 Å². The Morgan fingerprint density at radius 1 is 1.09 bits per heavy atom. The van der Waals surface area contributed by atoms with E-state index in [0.717, 1.165) is 6.26 Å². The van der Waals surface area contributed by atoms with Gasteiger partial charge < -0.3 is 14.5 Å². The molecule has 0 atom stereocenters. The number of hydrogen-bond donors (Lipinski definition) is 1. The zero-order chi connectivity index (χ0) is 24.1. The van der Waals surface area contributed by atoms with Crippen LogP contribution in [0.3, 0.4) is 0 Å². The number of ether oxygens (including phenoxy) is 1. The molecule has 0 aliphatic heterocycles. The van der Waals surface area contributed by atoms with Crippen molar-refractivity contribution in [3.8, 4) is 11.5 Å². The summed E-state index contributed by atoms with van der Waals surface area (Å²) >= 11 is 7.18. The number of rotatable bonds is 9. The maximum absolute atomic E-state index is 13.3. The molecule has 2 aromatic carbocycles. The second-order valence-electron chi connectivity index (χ2n) is 7.14. The van der Waals surface area contributed by atoms with Crippen molar-refractivity contribution >= 4 is 38.9 Å². The van der Waals surface area contributed by atoms with Crippen molar-refractivity contribution in [3.05, 3.63) is 83.4 Å². The highest BCUT2D eigenvalue weighted by atomic mass is 35.5. The third-order valence-electron chi connectivity index (χ3n) is 4.55. The summed E-state index contributed by atoms with van der Waals surface area (Å²) in [5, 5.41) is 4.74. The van der Waals surface area contributed by atoms with Gasteiger partial charge in [-0.15, -0.1) is 0 Å². The van der Waals surface area contributed by atoms with E-state index < -0.39 is 9.84 Å². The highest BCUT2D eigenvalue weighted by Crippen LogP contribution is 2.34. The molecule has 0 saturated carbocycles. The number of nitrogens with zero attached hydrogens (tertiary/aromatic N) is 2. The van der Waals surface area contributed by atoms with Crippen molar-refractivity contribution in [3.63, 3.8) is 0 Å². The fourth-order valence-electron chi connectivity index (χ4n) is 2.84. The molecule has 1 N–H and O–H groups in total. The number of anilines is 1. The van der Waals surface area contributed by atoms with Crippen LogP contribution >= 0.6 is 23.4 Å². The SMILES string of the molecule is CS(=O)(=O)c1ccc(NCOCc2nc(-c3ccc(F)cc3)oc2Sc2ccc(Cl)cn2)cc1. The van der Waals surface area contributed by atoms with Crippen LogP contribution in [-0.2, 0) is 21.2 Å². The number of pyridine rings is 1. The standard InChI is InChI=1S/C23H19ClFN3O4S2/c1-34(29,30)19-9-7-18(8-10-19)27-14-31-13-20-23(33-21-11-4-16(24)12-26-21)32-22(28-20)15-2-5-17(25)6-3-15/h2-12,27H,13-14H2,1H3. The zero-order valence-corrected chi connectivity index (χ0v) is 20.3. The summed E-state index contributed by atoms with van der Waals surface area (Å²) < 4.78 is 48.1. The molecule has 0 aliphatic rings. The molecular weight excluding hydrogens is 501 g/mol. The molecule has 0 aliphatic carbocycles. The van der Waals surface area contributed by atoms with Crippen LogP contribution < -0.4 is 5.32 Å². The van der Waals surface area contributed by atoms with Crippen LogP contribution in [0.2, 0.25) is 5.02 Å². The van der Waals surface area contributed by atoms with Gasteiger partial charge in [-0.05, 0) is 72.4 Å². The average Bonchev–Trinajstić information content (AvgIpc) is 3.21. The van der Waals surface area contributed by atoms with Crippen molar-refractivity contribution in [2.24, 2.45) is 0 Å². The first-order chi connectivity index (χ1) is 16.3. The van der Waals surface area contributed by atoms with Crippen molar-refractivity contribution in [1.29, 1.82) is 0 Å². The van der Waals surface area contributed by atoms with Gasteiger partial charge in [0.1, 0.15) is 23.3 Å². The van der Waals surface area contributed by atoms with Crippen LogP contribution in [0.15, 0.2) is 86.3 Å². The molecule has 11 heteroatoms. The lowest BCUT2D eigenvalue weighted by Crippen LogP contribution is -2.07. The van der Waals surface area contributed by atoms with E-state index in [1.165, 1.54) is 42.2 Å². The molecule has 7 nitrogen and oxygen atoms in total. The van der Waals surface area contributed by atoms with Gasteiger partial charge in [0.2, 0.25) is 5.89 Å². The number of halogens is 2. The van der Waals surface area contributed by atoms with Gasteiger partial charge in [-0.25, -0.2) is 22.8 Å². The second-order valence-corrected chi connectivity index (χ2v) is 10.6. The van der Waals surface area contributed by atoms with Crippen LogP contribution in [0.1, 0.15) is 5.69 Å². The highest BCUT2D eigenvalue weighted by Gasteiger charge is 2.17. The zero-order valence-electron chi connectivity index (χ0n) is 17.9. The predicted molar refractivity (Wildman–Crippen MR) is 128 cm³/mol. The Labute approximate surface area is 205 Å². The highest BCUT2D eigenvalue weighted by molar-refractivity contribution is 7.99. The van der Waals surface area contributed by atoms with E-state index in [1.54, 1.807) is 36.4 Å². The first-order valence-electron chi connectivity index (χ1n) is 9.95. The van der Waals surface area contributed by atoms with E-state index in [2.05, 4.69) is 15.3 Å². The third-order valence-corrected chi connectivity index (χ3v) is 6.86. The van der Waals surface area contributed by atoms with E-state index in [4.69, 9.17) is 20.8 Å². The number of sulfone groups is 1. The van der Waals surface area contributed by atoms with E-state index in [9.17, 15) is 12.8 Å². The molecule has 0 fully saturated rings. The molecule has 0 amide bonds. The fraction of sp³-hybridized carbons (Fsp3) is 0.130. The van der Waals surface area contributed by atoms with E-state index in [-0.39, 0.29) is 24.1 Å². The van der Waals surface area contributed by atoms with Gasteiger partial charge >= 0.3 is 0 Å². The molecule has 0 bridgehead atoms. The Morgan fingerprint density at radius 3 is 2.47 bits per heavy atom. The molecule has 0 radical (unpaired) electrons. The van der Waals surface area contributed by atoms with Crippen molar-refractivity contribution in [1.82, 2.24) is 9.97 Å². The predicted octanol–water partition coefficient (Wildman–Crippen LogP) is 5.67. The van der Waals surface area contributed by atoms with Gasteiger partial charge in [-0.3, -0.25) is 0 Å². The lowest BCUT2D eigenvalue weighted by atomic mass is 10.2. The van der Waals surface area contributed by atoms with E-state index in [0.29, 0.717) is 38.0 Å². The lowest BCUT2D eigenvalue weighted by molar-refractivity contribution is 0.133. The maximum Gasteiger partial charge on any atom is 0.227 e. The third kappa shape index (κ3) is 6.35. The molecular formula is C23H19ClFN3O4S2. The Kier molecular flexibility index (Phi) is 7.52. The van der Waals surface area contributed by atoms with Gasteiger partial charge in [0.25, 0.3) is 0 Å². The Morgan fingerprint density at radius 2 is 1.82 bits per heavy atom. The van der Waals surface area contributed by atoms with Crippen LogP contribution in [-0.4, -0.2) is 31.4 Å². The van der Waals surface area contributed by atoms with E-state index >= 15 is 0 Å². The Hall–Kier alpha value is -2.92. The molecule has 2 aromatic heterocycles. The summed E-state index contributed by atoms with van der Waals surface area (Å²) in [5.41, 5.74) is 1.89. The summed E-state index contributed by atoms with van der Waals surface area (Å²) in [4.78, 5) is 9.03. The first-order valence-corrected chi connectivity index (χ1v) is 13.0. The molecule has 0 spiro atoms. The van der Waals surface area contributed by atoms with Crippen molar-refractivity contribution < 1.29 is 22.0 Å². The fourth-order valence-corrected chi connectivity index (χ4v) is 4.36. The molecule has 0 unspecified atom stereocenters. The Bertz CT molecular complexity index is 1360. The summed E-state index contributed by atoms with van der Waals surface area (Å²) in [6.45, 7) is 0.287. The first kappa shape index (κ1) is 24.2. The summed E-state index contributed by atoms with van der Waals surface area (Å²) in [7, 11) is -3.25. The molecule has 4 aromatic rings. The van der Waals surface area contributed by atoms with Gasteiger partial charge in [0.15, 0.2) is 14.9 Å². The molecule has 176 valence electrons. The van der Waals surface area contributed by atoms with Crippen LogP contribution in [0, 0.1) is 5.82 Å². The van der Waals surface area contributed by atoms with Crippen molar-refractivity contribution in [2.45, 2.75) is 21.6 Å². The monoisotopic (exact) mass is 519 g/mol. The molecule has 34 heavy (non-hydrogen) atoms. The minimum atomic E-state index is -3.25. The quantitative estimate of drug-likeness (QED) is 0.223. The smallest absolute Gasteiger partial charge is 0.227 e. The van der Waals surface area contributed by atoms with Crippen molar-refractivity contribution in [2.75, 3.05) is 18.3 Å². The summed E-state index contributed by atoms with van der Waals surface area (Å²) in [6.07, 6.45) is 2.70. The minimum absolute atomic E-state index is 0.134. The second kappa shape index (κ2) is 10.6. The molecule has 4 rings (SSSR count). The van der Waals surface area contributed by atoms with Crippen LogP contribution in [0.5, 0.6) is 0 Å². The molecule has 2 heterocycles. The summed E-state index contributed by atoms with van der Waals surface area (Å²) in [5.74, 6) is -0.0196. The number of aromatic nitrogens is 2. The topological polar surface area (TPSA) is 94.3 Å². The van der Waals surface area contributed by atoms with Gasteiger partial charge in [-0.2, -0.15) is 0 Å². The minimum Gasteiger partial charge on any atom is -0.429 e. The van der Waals surface area contributed by atoms with Gasteiger partial charge in [0, 0.05) is 23.7 Å². The van der Waals surface area contributed by atoms with Crippen LogP contribution in [0.25, 0.3) is 11.5 Å². The Balaban J connectivity index is 1.45. The maximum atomic E-state index is 13.3. The van der Waals surface area contributed by atoms with Crippen LogP contribution in [0.4, 0.5) is 10.1 Å². The molecule has 0 saturated heterocycles. The lowest BCUT2D eigenvalue weighted by Gasteiger charge is -2.08.